The van der Waals surface area contributed by atoms with Crippen LogP contribution in [-0.4, -0.2) is 22.2 Å². The normalized spacial score (nSPS) is 10.9. The topological polar surface area (TPSA) is 88.3 Å². The fourth-order valence-corrected chi connectivity index (χ4v) is 5.86. The Bertz CT molecular complexity index is 2270. The lowest BCUT2D eigenvalue weighted by atomic mass is 10.1. The molecule has 0 saturated carbocycles. The number of allylic oxidation sites excluding steroid dienone is 1. The SMILES string of the molecule is CS/C(=C\C(=O)c1ccc(Cl)cc1)Nc1ccc(OCc2ccccc2)cc1.Clc1ccc(-c2cc(Nc3ccc(OCc4ccccc4)cc3)n[nH]2)cc1. The lowest BCUT2D eigenvalue weighted by Crippen LogP contribution is -2.01. The molecule has 1 aromatic heterocycles. The minimum atomic E-state index is -0.0728. The summed E-state index contributed by atoms with van der Waals surface area (Å²) in [5, 5.41) is 16.0. The minimum Gasteiger partial charge on any atom is -0.489 e. The van der Waals surface area contributed by atoms with E-state index in [2.05, 4.69) is 20.8 Å². The summed E-state index contributed by atoms with van der Waals surface area (Å²) in [5.74, 6) is 2.30. The minimum absolute atomic E-state index is 0.0728. The zero-order valence-corrected chi connectivity index (χ0v) is 32.2. The van der Waals surface area contributed by atoms with Crippen molar-refractivity contribution in [2.45, 2.75) is 13.2 Å². The van der Waals surface area contributed by atoms with Gasteiger partial charge in [-0.2, -0.15) is 5.10 Å². The van der Waals surface area contributed by atoms with Crippen molar-refractivity contribution in [2.75, 3.05) is 16.9 Å². The van der Waals surface area contributed by atoms with Gasteiger partial charge in [0.2, 0.25) is 0 Å². The van der Waals surface area contributed by atoms with Gasteiger partial charge >= 0.3 is 0 Å². The lowest BCUT2D eigenvalue weighted by Gasteiger charge is -2.10. The number of aromatic amines is 1. The van der Waals surface area contributed by atoms with Crippen LogP contribution < -0.4 is 20.1 Å². The van der Waals surface area contributed by atoms with Crippen LogP contribution in [0.1, 0.15) is 21.5 Å². The van der Waals surface area contributed by atoms with Gasteiger partial charge in [-0.25, -0.2) is 0 Å². The van der Waals surface area contributed by atoms with Gasteiger partial charge in [0.1, 0.15) is 24.7 Å². The number of hydrogen-bond donors (Lipinski definition) is 3. The monoisotopic (exact) mass is 784 g/mol. The maximum atomic E-state index is 12.4. The molecule has 10 heteroatoms. The summed E-state index contributed by atoms with van der Waals surface area (Å²) in [6.07, 6.45) is 3.51. The van der Waals surface area contributed by atoms with Crippen molar-refractivity contribution >= 4 is 57.9 Å². The smallest absolute Gasteiger partial charge is 0.188 e. The van der Waals surface area contributed by atoms with Crippen molar-refractivity contribution in [2.24, 2.45) is 0 Å². The highest BCUT2D eigenvalue weighted by Gasteiger charge is 2.07. The number of carbonyl (C=O) groups is 1. The predicted molar refractivity (Wildman–Crippen MR) is 228 cm³/mol. The Morgan fingerprint density at radius 3 is 1.71 bits per heavy atom. The summed E-state index contributed by atoms with van der Waals surface area (Å²) in [6.45, 7) is 1.08. The van der Waals surface area contributed by atoms with Crippen LogP contribution in [0, 0.1) is 0 Å². The largest absolute Gasteiger partial charge is 0.489 e. The van der Waals surface area contributed by atoms with Crippen molar-refractivity contribution < 1.29 is 14.3 Å². The third-order valence-electron chi connectivity index (χ3n) is 8.09. The molecule has 6 aromatic carbocycles. The molecule has 276 valence electrons. The summed E-state index contributed by atoms with van der Waals surface area (Å²) in [6, 6.07) is 52.1. The number of nitrogens with zero attached hydrogens (tertiary/aromatic N) is 1. The first-order valence-electron chi connectivity index (χ1n) is 17.3. The summed E-state index contributed by atoms with van der Waals surface area (Å²) < 4.78 is 11.6. The number of rotatable bonds is 14. The quantitative estimate of drug-likeness (QED) is 0.0747. The highest BCUT2D eigenvalue weighted by Crippen LogP contribution is 2.25. The van der Waals surface area contributed by atoms with E-state index in [1.54, 1.807) is 30.3 Å². The Morgan fingerprint density at radius 2 is 1.18 bits per heavy atom. The molecule has 0 saturated heterocycles. The zero-order chi connectivity index (χ0) is 38.2. The van der Waals surface area contributed by atoms with Gasteiger partial charge in [-0.15, -0.1) is 11.8 Å². The van der Waals surface area contributed by atoms with Crippen molar-refractivity contribution in [3.05, 3.63) is 202 Å². The maximum absolute atomic E-state index is 12.4. The first-order valence-corrected chi connectivity index (χ1v) is 19.3. The van der Waals surface area contributed by atoms with Crippen LogP contribution >= 0.6 is 35.0 Å². The molecule has 0 amide bonds. The van der Waals surface area contributed by atoms with Gasteiger partial charge < -0.3 is 20.1 Å². The van der Waals surface area contributed by atoms with E-state index in [1.807, 2.05) is 146 Å². The predicted octanol–water partition coefficient (Wildman–Crippen LogP) is 12.5. The second kappa shape index (κ2) is 19.9. The van der Waals surface area contributed by atoms with Crippen LogP contribution in [0.4, 0.5) is 17.2 Å². The standard InChI is InChI=1S/C23H20ClNO2S.C22H18ClN3O/c1-28-23(15-22(26)18-7-9-19(24)10-8-18)25-20-11-13-21(14-12-20)27-16-17-5-3-2-4-6-17;23-18-8-6-17(7-9-18)21-14-22(26-25-21)24-19-10-12-20(13-11-19)27-15-16-4-2-1-3-5-16/h2-15,25H,16H2,1H3;1-14H,15H2,(H2,24,25,26)/b23-15-;. The molecule has 7 rings (SSSR count). The molecule has 0 fully saturated rings. The number of ketones is 1. The number of benzene rings is 6. The molecule has 7 aromatic rings. The number of aromatic nitrogens is 2. The van der Waals surface area contributed by atoms with Gasteiger partial charge in [0.25, 0.3) is 0 Å². The van der Waals surface area contributed by atoms with E-state index >= 15 is 0 Å². The van der Waals surface area contributed by atoms with Gasteiger partial charge in [0.15, 0.2) is 11.6 Å². The van der Waals surface area contributed by atoms with Crippen LogP contribution in [0.2, 0.25) is 10.0 Å². The Balaban J connectivity index is 0.000000187. The number of H-pyrrole nitrogens is 1. The van der Waals surface area contributed by atoms with Crippen molar-refractivity contribution in [1.82, 2.24) is 10.2 Å². The van der Waals surface area contributed by atoms with Crippen LogP contribution in [0.3, 0.4) is 0 Å². The van der Waals surface area contributed by atoms with Crippen molar-refractivity contribution in [3.8, 4) is 22.8 Å². The summed E-state index contributed by atoms with van der Waals surface area (Å²) in [4.78, 5) is 12.4. The molecule has 0 aliphatic heterocycles. The van der Waals surface area contributed by atoms with E-state index < -0.39 is 0 Å². The molecule has 0 unspecified atom stereocenters. The first kappa shape index (κ1) is 38.8. The molecular formula is C45H38Cl2N4O3S. The fraction of sp³-hybridized carbons (Fsp3) is 0.0667. The second-order valence-electron chi connectivity index (χ2n) is 12.1. The zero-order valence-electron chi connectivity index (χ0n) is 29.9. The number of thioether (sulfide) groups is 1. The Hall–Kier alpha value is -5.93. The fourth-order valence-electron chi connectivity index (χ4n) is 5.17. The molecule has 0 spiro atoms. The number of halogens is 2. The van der Waals surface area contributed by atoms with Crippen molar-refractivity contribution in [3.63, 3.8) is 0 Å². The number of hydrogen-bond acceptors (Lipinski definition) is 7. The first-order chi connectivity index (χ1) is 26.9. The maximum Gasteiger partial charge on any atom is 0.188 e. The summed E-state index contributed by atoms with van der Waals surface area (Å²) in [5.41, 5.74) is 6.65. The molecule has 3 N–H and O–H groups in total. The molecule has 55 heavy (non-hydrogen) atoms. The lowest BCUT2D eigenvalue weighted by molar-refractivity contribution is 0.104. The van der Waals surface area contributed by atoms with E-state index in [-0.39, 0.29) is 5.78 Å². The van der Waals surface area contributed by atoms with E-state index in [9.17, 15) is 4.79 Å². The Morgan fingerprint density at radius 1 is 0.673 bits per heavy atom. The second-order valence-corrected chi connectivity index (χ2v) is 13.8. The van der Waals surface area contributed by atoms with E-state index in [0.29, 0.717) is 28.8 Å². The van der Waals surface area contributed by atoms with Crippen LogP contribution in [-0.2, 0) is 13.2 Å². The van der Waals surface area contributed by atoms with Gasteiger partial charge in [-0.3, -0.25) is 9.89 Å². The molecule has 0 radical (unpaired) electrons. The van der Waals surface area contributed by atoms with E-state index in [4.69, 9.17) is 32.7 Å². The van der Waals surface area contributed by atoms with Crippen LogP contribution in [0.25, 0.3) is 11.3 Å². The molecule has 1 heterocycles. The third kappa shape index (κ3) is 12.3. The molecule has 0 bridgehead atoms. The van der Waals surface area contributed by atoms with E-state index in [1.165, 1.54) is 11.8 Å². The van der Waals surface area contributed by atoms with Crippen LogP contribution in [0.15, 0.2) is 175 Å². The van der Waals surface area contributed by atoms with Crippen molar-refractivity contribution in [1.29, 1.82) is 0 Å². The van der Waals surface area contributed by atoms with Crippen LogP contribution in [0.5, 0.6) is 11.5 Å². The molecule has 0 aliphatic carbocycles. The highest BCUT2D eigenvalue weighted by atomic mass is 35.5. The summed E-state index contributed by atoms with van der Waals surface area (Å²) in [7, 11) is 0. The van der Waals surface area contributed by atoms with Gasteiger partial charge in [0.05, 0.1) is 10.7 Å². The Kier molecular flexibility index (Phi) is 14.1. The molecular weight excluding hydrogens is 747 g/mol. The van der Waals surface area contributed by atoms with E-state index in [0.717, 1.165) is 56.1 Å². The van der Waals surface area contributed by atoms with Gasteiger partial charge in [0, 0.05) is 39.1 Å². The molecule has 0 aliphatic rings. The number of nitrogens with one attached hydrogen (secondary N) is 3. The molecule has 7 nitrogen and oxygen atoms in total. The average molecular weight is 786 g/mol. The van der Waals surface area contributed by atoms with Gasteiger partial charge in [-0.1, -0.05) is 96.0 Å². The molecule has 0 atom stereocenters. The highest BCUT2D eigenvalue weighted by molar-refractivity contribution is 8.02. The number of ether oxygens (including phenoxy) is 2. The average Bonchev–Trinajstić information content (AvgIpc) is 3.70. The summed E-state index contributed by atoms with van der Waals surface area (Å²) >= 11 is 13.3. The number of carbonyl (C=O) groups excluding carboxylic acids is 1. The Labute approximate surface area is 335 Å². The third-order valence-corrected chi connectivity index (χ3v) is 9.25. The number of anilines is 3. The van der Waals surface area contributed by atoms with Gasteiger partial charge in [-0.05, 0) is 108 Å².